The lowest BCUT2D eigenvalue weighted by Gasteiger charge is -2.27. The Morgan fingerprint density at radius 1 is 1.37 bits per heavy atom. The van der Waals surface area contributed by atoms with E-state index in [1.54, 1.807) is 4.90 Å². The van der Waals surface area contributed by atoms with Crippen LogP contribution in [0.3, 0.4) is 0 Å². The van der Waals surface area contributed by atoms with Crippen LogP contribution in [0.15, 0.2) is 0 Å². The summed E-state index contributed by atoms with van der Waals surface area (Å²) in [5.74, 6) is -0.872. The van der Waals surface area contributed by atoms with Gasteiger partial charge in [0, 0.05) is 19.1 Å². The van der Waals surface area contributed by atoms with Gasteiger partial charge < -0.3 is 15.3 Å². The summed E-state index contributed by atoms with van der Waals surface area (Å²) in [5.41, 5.74) is 0.319. The molecular weight excluding hydrogens is 244 g/mol. The first-order valence-corrected chi connectivity index (χ1v) is 7.16. The highest BCUT2D eigenvalue weighted by Crippen LogP contribution is 2.48. The van der Waals surface area contributed by atoms with Gasteiger partial charge in [0.05, 0.1) is 6.42 Å². The molecule has 0 aromatic rings. The largest absolute Gasteiger partial charge is 0.481 e. The van der Waals surface area contributed by atoms with Crippen LogP contribution >= 0.6 is 0 Å². The first-order valence-electron chi connectivity index (χ1n) is 7.16. The maximum absolute atomic E-state index is 12.1. The van der Waals surface area contributed by atoms with E-state index in [2.05, 4.69) is 12.2 Å². The Balaban J connectivity index is 2.41. The van der Waals surface area contributed by atoms with Gasteiger partial charge in [0.25, 0.3) is 0 Å². The molecular formula is C14H26N2O3. The molecule has 19 heavy (non-hydrogen) atoms. The van der Waals surface area contributed by atoms with Gasteiger partial charge in [-0.05, 0) is 38.5 Å². The third-order valence-corrected chi connectivity index (χ3v) is 3.80. The van der Waals surface area contributed by atoms with Crippen LogP contribution in [-0.2, 0) is 4.79 Å². The Hall–Kier alpha value is -1.26. The third-order valence-electron chi connectivity index (χ3n) is 3.80. The number of rotatable bonds is 8. The molecule has 0 aromatic heterocycles. The van der Waals surface area contributed by atoms with Crippen molar-refractivity contribution in [3.63, 3.8) is 0 Å². The zero-order chi connectivity index (χ0) is 14.5. The number of hydrogen-bond acceptors (Lipinski definition) is 2. The van der Waals surface area contributed by atoms with Crippen LogP contribution < -0.4 is 5.32 Å². The topological polar surface area (TPSA) is 69.6 Å². The Labute approximate surface area is 115 Å². The van der Waals surface area contributed by atoms with Crippen LogP contribution in [0.25, 0.3) is 0 Å². The molecule has 1 fully saturated rings. The first kappa shape index (κ1) is 15.8. The van der Waals surface area contributed by atoms with Gasteiger partial charge in [-0.15, -0.1) is 0 Å². The molecule has 0 atom stereocenters. The molecule has 5 nitrogen and oxygen atoms in total. The summed E-state index contributed by atoms with van der Waals surface area (Å²) in [5, 5.41) is 11.7. The van der Waals surface area contributed by atoms with Gasteiger partial charge in [-0.1, -0.05) is 13.3 Å². The SMILES string of the molecule is CCCC1(CNC(=O)N(CCC(=O)O)C(C)C)CC1. The minimum Gasteiger partial charge on any atom is -0.481 e. The van der Waals surface area contributed by atoms with E-state index in [0.717, 1.165) is 19.4 Å². The van der Waals surface area contributed by atoms with E-state index in [1.807, 2.05) is 13.8 Å². The lowest BCUT2D eigenvalue weighted by atomic mass is 10.0. The highest BCUT2D eigenvalue weighted by atomic mass is 16.4. The third kappa shape index (κ3) is 5.09. The minimum atomic E-state index is -0.872. The molecule has 0 heterocycles. The summed E-state index contributed by atoms with van der Waals surface area (Å²) in [6.45, 7) is 6.95. The summed E-state index contributed by atoms with van der Waals surface area (Å²) in [6.07, 6.45) is 4.68. The van der Waals surface area contributed by atoms with Crippen molar-refractivity contribution in [3.8, 4) is 0 Å². The van der Waals surface area contributed by atoms with E-state index >= 15 is 0 Å². The van der Waals surface area contributed by atoms with E-state index < -0.39 is 5.97 Å². The molecule has 1 saturated carbocycles. The van der Waals surface area contributed by atoms with Crippen molar-refractivity contribution in [3.05, 3.63) is 0 Å². The number of urea groups is 1. The van der Waals surface area contributed by atoms with Gasteiger partial charge in [0.1, 0.15) is 0 Å². The molecule has 0 radical (unpaired) electrons. The van der Waals surface area contributed by atoms with E-state index in [0.29, 0.717) is 5.41 Å². The number of carbonyl (C=O) groups excluding carboxylic acids is 1. The molecule has 0 bridgehead atoms. The smallest absolute Gasteiger partial charge is 0.317 e. The molecule has 0 spiro atoms. The predicted octanol–water partition coefficient (Wildman–Crippen LogP) is 2.46. The van der Waals surface area contributed by atoms with Crippen molar-refractivity contribution < 1.29 is 14.7 Å². The second-order valence-electron chi connectivity index (χ2n) is 5.84. The predicted molar refractivity (Wildman–Crippen MR) is 74.1 cm³/mol. The molecule has 0 saturated heterocycles. The summed E-state index contributed by atoms with van der Waals surface area (Å²) in [6, 6.07) is -0.126. The number of hydrogen-bond donors (Lipinski definition) is 2. The van der Waals surface area contributed by atoms with Gasteiger partial charge in [0.2, 0.25) is 0 Å². The fourth-order valence-corrected chi connectivity index (χ4v) is 2.40. The normalized spacial score (nSPS) is 16.2. The van der Waals surface area contributed by atoms with Crippen molar-refractivity contribution in [2.24, 2.45) is 5.41 Å². The highest BCUT2D eigenvalue weighted by Gasteiger charge is 2.41. The average Bonchev–Trinajstić information content (AvgIpc) is 3.07. The van der Waals surface area contributed by atoms with Crippen molar-refractivity contribution >= 4 is 12.0 Å². The Bertz CT molecular complexity index is 325. The summed E-state index contributed by atoms with van der Waals surface area (Å²) in [4.78, 5) is 24.3. The Morgan fingerprint density at radius 3 is 2.42 bits per heavy atom. The van der Waals surface area contributed by atoms with Crippen LogP contribution in [-0.4, -0.2) is 41.1 Å². The van der Waals surface area contributed by atoms with Crippen LogP contribution in [0, 0.1) is 5.41 Å². The molecule has 1 aliphatic carbocycles. The fraction of sp³-hybridized carbons (Fsp3) is 0.857. The van der Waals surface area contributed by atoms with Gasteiger partial charge in [-0.3, -0.25) is 4.79 Å². The van der Waals surface area contributed by atoms with Gasteiger partial charge in [-0.2, -0.15) is 0 Å². The molecule has 1 aliphatic rings. The zero-order valence-electron chi connectivity index (χ0n) is 12.2. The summed E-state index contributed by atoms with van der Waals surface area (Å²) < 4.78 is 0. The molecule has 0 unspecified atom stereocenters. The number of nitrogens with one attached hydrogen (secondary N) is 1. The molecule has 0 aliphatic heterocycles. The Kier molecular flexibility index (Phi) is 5.63. The van der Waals surface area contributed by atoms with Crippen LogP contribution in [0.4, 0.5) is 4.79 Å². The number of carboxylic acid groups (broad SMARTS) is 1. The molecule has 110 valence electrons. The average molecular weight is 270 g/mol. The summed E-state index contributed by atoms with van der Waals surface area (Å²) in [7, 11) is 0. The van der Waals surface area contributed by atoms with E-state index in [1.165, 1.54) is 12.8 Å². The molecule has 1 rings (SSSR count). The maximum atomic E-state index is 12.1. The van der Waals surface area contributed by atoms with Crippen molar-refractivity contribution in [1.82, 2.24) is 10.2 Å². The van der Waals surface area contributed by atoms with Crippen molar-refractivity contribution in [2.45, 2.75) is 58.9 Å². The number of carbonyl (C=O) groups is 2. The quantitative estimate of drug-likeness (QED) is 0.712. The second-order valence-corrected chi connectivity index (χ2v) is 5.84. The van der Waals surface area contributed by atoms with Crippen LogP contribution in [0.1, 0.15) is 52.9 Å². The van der Waals surface area contributed by atoms with E-state index in [4.69, 9.17) is 5.11 Å². The number of carboxylic acids is 1. The molecule has 2 N–H and O–H groups in total. The van der Waals surface area contributed by atoms with Crippen molar-refractivity contribution in [2.75, 3.05) is 13.1 Å². The molecule has 5 heteroatoms. The highest BCUT2D eigenvalue weighted by molar-refractivity contribution is 5.75. The number of aliphatic carboxylic acids is 1. The zero-order valence-corrected chi connectivity index (χ0v) is 12.2. The lowest BCUT2D eigenvalue weighted by Crippen LogP contribution is -2.46. The fourth-order valence-electron chi connectivity index (χ4n) is 2.40. The monoisotopic (exact) mass is 270 g/mol. The number of amides is 2. The van der Waals surface area contributed by atoms with Gasteiger partial charge >= 0.3 is 12.0 Å². The summed E-state index contributed by atoms with van der Waals surface area (Å²) >= 11 is 0. The van der Waals surface area contributed by atoms with E-state index in [-0.39, 0.29) is 25.0 Å². The van der Waals surface area contributed by atoms with Gasteiger partial charge in [0.15, 0.2) is 0 Å². The minimum absolute atomic E-state index is 0.00823. The second kappa shape index (κ2) is 6.78. The van der Waals surface area contributed by atoms with Crippen molar-refractivity contribution in [1.29, 1.82) is 0 Å². The maximum Gasteiger partial charge on any atom is 0.317 e. The lowest BCUT2D eigenvalue weighted by molar-refractivity contribution is -0.137. The van der Waals surface area contributed by atoms with Crippen LogP contribution in [0.2, 0.25) is 0 Å². The molecule has 2 amide bonds. The standard InChI is InChI=1S/C14H26N2O3/c1-4-6-14(7-8-14)10-15-13(19)16(11(2)3)9-5-12(17)18/h11H,4-10H2,1-3H3,(H,15,19)(H,17,18). The first-order chi connectivity index (χ1) is 8.90. The van der Waals surface area contributed by atoms with E-state index in [9.17, 15) is 9.59 Å². The van der Waals surface area contributed by atoms with Crippen LogP contribution in [0.5, 0.6) is 0 Å². The Morgan fingerprint density at radius 2 is 2.00 bits per heavy atom. The van der Waals surface area contributed by atoms with Gasteiger partial charge in [-0.25, -0.2) is 4.79 Å². The molecule has 0 aromatic carbocycles. The number of nitrogens with zero attached hydrogens (tertiary/aromatic N) is 1.